The third kappa shape index (κ3) is 4.89. The highest BCUT2D eigenvalue weighted by Gasteiger charge is 2.33. The molecule has 1 saturated heterocycles. The Morgan fingerprint density at radius 3 is 2.64 bits per heavy atom. The lowest BCUT2D eigenvalue weighted by atomic mass is 9.99. The number of carbonyl (C=O) groups is 1. The lowest BCUT2D eigenvalue weighted by Crippen LogP contribution is -2.43. The number of sulfonamides is 1. The van der Waals surface area contributed by atoms with Gasteiger partial charge in [-0.25, -0.2) is 8.42 Å². The predicted octanol–water partition coefficient (Wildman–Crippen LogP) is 4.49. The maximum Gasteiger partial charge on any atom is 0.243 e. The predicted molar refractivity (Wildman–Crippen MR) is 114 cm³/mol. The van der Waals surface area contributed by atoms with Crippen molar-refractivity contribution in [3.8, 4) is 0 Å². The number of rotatable bonds is 6. The number of piperidine rings is 1. The Hall–Kier alpha value is -1.54. The molecule has 1 heterocycles. The average molecular weight is 439 g/mol. The van der Waals surface area contributed by atoms with E-state index in [9.17, 15) is 13.2 Å². The van der Waals surface area contributed by atoms with E-state index in [0.29, 0.717) is 24.4 Å². The highest BCUT2D eigenvalue weighted by atomic mass is 35.5. The van der Waals surface area contributed by atoms with Crippen molar-refractivity contribution in [2.75, 3.05) is 24.2 Å². The Morgan fingerprint density at radius 2 is 1.93 bits per heavy atom. The van der Waals surface area contributed by atoms with Crippen LogP contribution in [0.2, 0.25) is 5.02 Å². The summed E-state index contributed by atoms with van der Waals surface area (Å²) in [6.07, 6.45) is 1.32. The van der Waals surface area contributed by atoms with Crippen molar-refractivity contribution in [2.24, 2.45) is 5.92 Å². The minimum absolute atomic E-state index is 0.139. The van der Waals surface area contributed by atoms with Gasteiger partial charge in [0.2, 0.25) is 15.9 Å². The van der Waals surface area contributed by atoms with E-state index >= 15 is 0 Å². The summed E-state index contributed by atoms with van der Waals surface area (Å²) in [4.78, 5) is 14.0. The Balaban J connectivity index is 1.72. The van der Waals surface area contributed by atoms with Gasteiger partial charge in [0.1, 0.15) is 0 Å². The summed E-state index contributed by atoms with van der Waals surface area (Å²) >= 11 is 7.52. The molecule has 2 aromatic carbocycles. The molecular weight excluding hydrogens is 416 g/mol. The molecular formula is C20H23ClN2O3S2. The highest BCUT2D eigenvalue weighted by molar-refractivity contribution is 7.99. The third-order valence-electron chi connectivity index (χ3n) is 4.65. The van der Waals surface area contributed by atoms with Crippen LogP contribution in [-0.4, -0.2) is 37.5 Å². The number of hydrogen-bond acceptors (Lipinski definition) is 4. The first kappa shape index (κ1) is 21.2. The van der Waals surface area contributed by atoms with Gasteiger partial charge in [0.05, 0.1) is 16.5 Å². The molecule has 28 heavy (non-hydrogen) atoms. The van der Waals surface area contributed by atoms with Crippen molar-refractivity contribution >= 4 is 45.0 Å². The second-order valence-electron chi connectivity index (χ2n) is 6.57. The van der Waals surface area contributed by atoms with Crippen LogP contribution < -0.4 is 5.32 Å². The van der Waals surface area contributed by atoms with E-state index in [1.165, 1.54) is 16.4 Å². The molecule has 0 aliphatic carbocycles. The van der Waals surface area contributed by atoms with Crippen LogP contribution >= 0.6 is 23.4 Å². The SMILES string of the molecule is CCSc1ccccc1NC(=O)[C@@H]1CCCN(S(=O)(=O)c2ccc(Cl)cc2)C1. The average Bonchev–Trinajstić information content (AvgIpc) is 2.70. The van der Waals surface area contributed by atoms with Crippen LogP contribution in [0.3, 0.4) is 0 Å². The molecule has 8 heteroatoms. The molecule has 0 spiro atoms. The molecule has 3 rings (SSSR count). The lowest BCUT2D eigenvalue weighted by Gasteiger charge is -2.31. The summed E-state index contributed by atoms with van der Waals surface area (Å²) in [5.41, 5.74) is 0.775. The van der Waals surface area contributed by atoms with Gasteiger partial charge in [-0.2, -0.15) is 4.31 Å². The molecule has 0 aromatic heterocycles. The van der Waals surface area contributed by atoms with Gasteiger partial charge < -0.3 is 5.32 Å². The van der Waals surface area contributed by atoms with Gasteiger partial charge in [0.25, 0.3) is 0 Å². The third-order valence-corrected chi connectivity index (χ3v) is 7.74. The monoisotopic (exact) mass is 438 g/mol. The molecule has 0 radical (unpaired) electrons. The van der Waals surface area contributed by atoms with Crippen LogP contribution in [0.25, 0.3) is 0 Å². The number of thioether (sulfide) groups is 1. The zero-order chi connectivity index (χ0) is 20.1. The number of carbonyl (C=O) groups excluding carboxylic acids is 1. The summed E-state index contributed by atoms with van der Waals surface area (Å²) in [6, 6.07) is 13.8. The summed E-state index contributed by atoms with van der Waals surface area (Å²) in [7, 11) is -3.64. The molecule has 150 valence electrons. The molecule has 0 bridgehead atoms. The molecule has 0 saturated carbocycles. The summed E-state index contributed by atoms with van der Waals surface area (Å²) in [6.45, 7) is 2.65. The zero-order valence-corrected chi connectivity index (χ0v) is 18.0. The van der Waals surface area contributed by atoms with Crippen molar-refractivity contribution < 1.29 is 13.2 Å². The zero-order valence-electron chi connectivity index (χ0n) is 15.6. The minimum Gasteiger partial charge on any atom is -0.325 e. The first-order valence-corrected chi connectivity index (χ1v) is 12.0. The Morgan fingerprint density at radius 1 is 1.21 bits per heavy atom. The number of nitrogens with one attached hydrogen (secondary N) is 1. The van der Waals surface area contributed by atoms with Crippen molar-refractivity contribution in [1.82, 2.24) is 4.31 Å². The molecule has 0 unspecified atom stereocenters. The van der Waals surface area contributed by atoms with Gasteiger partial charge in [-0.15, -0.1) is 11.8 Å². The molecule has 1 atom stereocenters. The van der Waals surface area contributed by atoms with Crippen LogP contribution in [-0.2, 0) is 14.8 Å². The lowest BCUT2D eigenvalue weighted by molar-refractivity contribution is -0.120. The highest BCUT2D eigenvalue weighted by Crippen LogP contribution is 2.29. The van der Waals surface area contributed by atoms with Gasteiger partial charge in [0, 0.05) is 23.0 Å². The molecule has 1 aliphatic heterocycles. The number of hydrogen-bond donors (Lipinski definition) is 1. The molecule has 2 aromatic rings. The Kier molecular flexibility index (Phi) is 7.04. The normalized spacial score (nSPS) is 18.0. The number of benzene rings is 2. The van der Waals surface area contributed by atoms with Crippen LogP contribution in [0, 0.1) is 5.92 Å². The number of para-hydroxylation sites is 1. The van der Waals surface area contributed by atoms with E-state index in [1.807, 2.05) is 24.3 Å². The molecule has 1 aliphatic rings. The van der Waals surface area contributed by atoms with E-state index in [-0.39, 0.29) is 23.3 Å². The van der Waals surface area contributed by atoms with E-state index in [2.05, 4.69) is 12.2 Å². The van der Waals surface area contributed by atoms with E-state index in [0.717, 1.165) is 16.3 Å². The minimum atomic E-state index is -3.64. The van der Waals surface area contributed by atoms with E-state index < -0.39 is 10.0 Å². The first-order valence-electron chi connectivity index (χ1n) is 9.20. The van der Waals surface area contributed by atoms with Gasteiger partial charge in [-0.05, 0) is 55.0 Å². The number of nitrogens with zero attached hydrogens (tertiary/aromatic N) is 1. The maximum atomic E-state index is 12.9. The standard InChI is InChI=1S/C20H23ClN2O3S2/c1-2-27-19-8-4-3-7-18(19)22-20(24)15-6-5-13-23(14-15)28(25,26)17-11-9-16(21)10-12-17/h3-4,7-12,15H,2,5-6,13-14H2,1H3,(H,22,24)/t15-/m1/s1. The van der Waals surface area contributed by atoms with Crippen LogP contribution in [0.5, 0.6) is 0 Å². The quantitative estimate of drug-likeness (QED) is 0.674. The Labute approximate surface area is 175 Å². The smallest absolute Gasteiger partial charge is 0.243 e. The summed E-state index contributed by atoms with van der Waals surface area (Å²) in [5.74, 6) is 0.388. The van der Waals surface area contributed by atoms with E-state index in [1.54, 1.807) is 23.9 Å². The van der Waals surface area contributed by atoms with Crippen LogP contribution in [0.15, 0.2) is 58.3 Å². The molecule has 5 nitrogen and oxygen atoms in total. The maximum absolute atomic E-state index is 12.9. The summed E-state index contributed by atoms with van der Waals surface area (Å²) in [5, 5.41) is 3.47. The van der Waals surface area contributed by atoms with Crippen LogP contribution in [0.4, 0.5) is 5.69 Å². The second-order valence-corrected chi connectivity index (χ2v) is 10.3. The van der Waals surface area contributed by atoms with Crippen molar-refractivity contribution in [2.45, 2.75) is 29.6 Å². The fourth-order valence-corrected chi connectivity index (χ4v) is 5.63. The fraction of sp³-hybridized carbons (Fsp3) is 0.350. The topological polar surface area (TPSA) is 66.5 Å². The van der Waals surface area contributed by atoms with Gasteiger partial charge in [-0.1, -0.05) is 30.7 Å². The van der Waals surface area contributed by atoms with Crippen molar-refractivity contribution in [3.63, 3.8) is 0 Å². The van der Waals surface area contributed by atoms with Crippen molar-refractivity contribution in [3.05, 3.63) is 53.6 Å². The number of amides is 1. The number of halogens is 1. The summed E-state index contributed by atoms with van der Waals surface area (Å²) < 4.78 is 27.2. The van der Waals surface area contributed by atoms with Crippen LogP contribution in [0.1, 0.15) is 19.8 Å². The van der Waals surface area contributed by atoms with Gasteiger partial charge >= 0.3 is 0 Å². The molecule has 1 fully saturated rings. The van der Waals surface area contributed by atoms with Gasteiger partial charge in [-0.3, -0.25) is 4.79 Å². The number of anilines is 1. The largest absolute Gasteiger partial charge is 0.325 e. The van der Waals surface area contributed by atoms with Gasteiger partial charge in [0.15, 0.2) is 0 Å². The molecule has 1 amide bonds. The first-order chi connectivity index (χ1) is 13.4. The molecule has 1 N–H and O–H groups in total. The second kappa shape index (κ2) is 9.31. The van der Waals surface area contributed by atoms with Crippen molar-refractivity contribution in [1.29, 1.82) is 0 Å². The Bertz CT molecular complexity index is 933. The fourth-order valence-electron chi connectivity index (χ4n) is 3.22. The van der Waals surface area contributed by atoms with E-state index in [4.69, 9.17) is 11.6 Å².